The first-order valence-electron chi connectivity index (χ1n) is 6.63. The third kappa shape index (κ3) is 2.30. The summed E-state index contributed by atoms with van der Waals surface area (Å²) in [4.78, 5) is 0. The maximum absolute atomic E-state index is 10.8. The molecule has 0 saturated carbocycles. The summed E-state index contributed by atoms with van der Waals surface area (Å²) in [6.45, 7) is 5.99. The Bertz CT molecular complexity index is 391. The van der Waals surface area contributed by atoms with Gasteiger partial charge in [0.1, 0.15) is 0 Å². The molecule has 1 heterocycles. The van der Waals surface area contributed by atoms with Crippen molar-refractivity contribution in [1.82, 2.24) is 0 Å². The molecule has 1 aliphatic rings. The highest BCUT2D eigenvalue weighted by molar-refractivity contribution is 5.36. The van der Waals surface area contributed by atoms with Crippen LogP contribution in [-0.4, -0.2) is 24.9 Å². The normalized spacial score (nSPS) is 20.7. The standard InChI is InChI=1S/C15H23NO2/c1-11-4-3-5-12(2)13(11)14(17)15(10-16)6-8-18-9-7-15/h3-5,14,17H,6-10,16H2,1-2H3. The molecule has 18 heavy (non-hydrogen) atoms. The SMILES string of the molecule is Cc1cccc(C)c1C(O)C1(CN)CCOCC1. The number of aliphatic hydroxyl groups excluding tert-OH is 1. The summed E-state index contributed by atoms with van der Waals surface area (Å²) in [7, 11) is 0. The molecule has 1 aliphatic heterocycles. The Kier molecular flexibility index (Phi) is 4.05. The summed E-state index contributed by atoms with van der Waals surface area (Å²) >= 11 is 0. The Morgan fingerprint density at radius 1 is 1.28 bits per heavy atom. The van der Waals surface area contributed by atoms with Crippen LogP contribution in [0.4, 0.5) is 0 Å². The molecule has 0 spiro atoms. The highest BCUT2D eigenvalue weighted by Gasteiger charge is 2.40. The van der Waals surface area contributed by atoms with Crippen LogP contribution in [0, 0.1) is 19.3 Å². The van der Waals surface area contributed by atoms with Crippen LogP contribution in [0.5, 0.6) is 0 Å². The molecule has 2 rings (SSSR count). The van der Waals surface area contributed by atoms with Crippen molar-refractivity contribution >= 4 is 0 Å². The molecule has 0 bridgehead atoms. The van der Waals surface area contributed by atoms with Gasteiger partial charge in [0.15, 0.2) is 0 Å². The number of nitrogens with two attached hydrogens (primary N) is 1. The summed E-state index contributed by atoms with van der Waals surface area (Å²) in [5, 5.41) is 10.8. The second kappa shape index (κ2) is 5.39. The van der Waals surface area contributed by atoms with Crippen LogP contribution in [0.1, 0.15) is 35.6 Å². The van der Waals surface area contributed by atoms with E-state index in [0.29, 0.717) is 19.8 Å². The fourth-order valence-corrected chi connectivity index (χ4v) is 2.93. The van der Waals surface area contributed by atoms with Gasteiger partial charge in [-0.2, -0.15) is 0 Å². The van der Waals surface area contributed by atoms with Crippen molar-refractivity contribution < 1.29 is 9.84 Å². The van der Waals surface area contributed by atoms with Gasteiger partial charge in [-0.1, -0.05) is 18.2 Å². The lowest BCUT2D eigenvalue weighted by Crippen LogP contribution is -2.42. The number of rotatable bonds is 3. The van der Waals surface area contributed by atoms with E-state index < -0.39 is 6.10 Å². The summed E-state index contributed by atoms with van der Waals surface area (Å²) in [6.07, 6.45) is 1.17. The molecule has 0 aliphatic carbocycles. The summed E-state index contributed by atoms with van der Waals surface area (Å²) in [5.41, 5.74) is 9.06. The van der Waals surface area contributed by atoms with Gasteiger partial charge in [-0.25, -0.2) is 0 Å². The van der Waals surface area contributed by atoms with E-state index in [-0.39, 0.29) is 5.41 Å². The quantitative estimate of drug-likeness (QED) is 0.862. The first kappa shape index (κ1) is 13.5. The summed E-state index contributed by atoms with van der Waals surface area (Å²) < 4.78 is 5.41. The first-order chi connectivity index (χ1) is 8.60. The molecular weight excluding hydrogens is 226 g/mol. The van der Waals surface area contributed by atoms with Gasteiger partial charge in [0.25, 0.3) is 0 Å². The smallest absolute Gasteiger partial charge is 0.0865 e. The van der Waals surface area contributed by atoms with Crippen LogP contribution in [0.2, 0.25) is 0 Å². The van der Waals surface area contributed by atoms with E-state index in [1.165, 1.54) is 0 Å². The Labute approximate surface area is 109 Å². The van der Waals surface area contributed by atoms with E-state index in [4.69, 9.17) is 10.5 Å². The van der Waals surface area contributed by atoms with Crippen molar-refractivity contribution in [3.05, 3.63) is 34.9 Å². The van der Waals surface area contributed by atoms with Crippen LogP contribution >= 0.6 is 0 Å². The monoisotopic (exact) mass is 249 g/mol. The van der Waals surface area contributed by atoms with E-state index in [0.717, 1.165) is 29.5 Å². The minimum atomic E-state index is -0.493. The fourth-order valence-electron chi connectivity index (χ4n) is 2.93. The minimum Gasteiger partial charge on any atom is -0.388 e. The fraction of sp³-hybridized carbons (Fsp3) is 0.600. The lowest BCUT2D eigenvalue weighted by atomic mass is 9.71. The van der Waals surface area contributed by atoms with Gasteiger partial charge in [-0.05, 0) is 43.4 Å². The van der Waals surface area contributed by atoms with Crippen LogP contribution in [0.3, 0.4) is 0 Å². The van der Waals surface area contributed by atoms with Gasteiger partial charge in [0, 0.05) is 25.2 Å². The van der Waals surface area contributed by atoms with E-state index in [9.17, 15) is 5.11 Å². The molecule has 3 N–H and O–H groups in total. The third-order valence-corrected chi connectivity index (χ3v) is 4.29. The Hall–Kier alpha value is -0.900. The van der Waals surface area contributed by atoms with Crippen molar-refractivity contribution in [2.75, 3.05) is 19.8 Å². The zero-order chi connectivity index (χ0) is 13.2. The van der Waals surface area contributed by atoms with Gasteiger partial charge in [0.05, 0.1) is 6.10 Å². The van der Waals surface area contributed by atoms with E-state index >= 15 is 0 Å². The van der Waals surface area contributed by atoms with Gasteiger partial charge < -0.3 is 15.6 Å². The van der Waals surface area contributed by atoms with Crippen LogP contribution < -0.4 is 5.73 Å². The third-order valence-electron chi connectivity index (χ3n) is 4.29. The number of aliphatic hydroxyl groups is 1. The highest BCUT2D eigenvalue weighted by Crippen LogP contribution is 2.43. The molecule has 100 valence electrons. The second-order valence-electron chi connectivity index (χ2n) is 5.39. The number of ether oxygens (including phenoxy) is 1. The zero-order valence-electron chi connectivity index (χ0n) is 11.3. The van der Waals surface area contributed by atoms with Gasteiger partial charge in [0.2, 0.25) is 0 Å². The number of hydrogen-bond acceptors (Lipinski definition) is 3. The molecule has 0 radical (unpaired) electrons. The molecule has 1 aromatic carbocycles. The van der Waals surface area contributed by atoms with Crippen molar-refractivity contribution in [2.24, 2.45) is 11.1 Å². The average Bonchev–Trinajstić information content (AvgIpc) is 2.39. The van der Waals surface area contributed by atoms with Crippen molar-refractivity contribution in [2.45, 2.75) is 32.8 Å². The van der Waals surface area contributed by atoms with Crippen molar-refractivity contribution in [1.29, 1.82) is 0 Å². The van der Waals surface area contributed by atoms with E-state index in [2.05, 4.69) is 26.0 Å². The zero-order valence-corrected chi connectivity index (χ0v) is 11.3. The van der Waals surface area contributed by atoms with Crippen LogP contribution in [0.15, 0.2) is 18.2 Å². The molecule has 0 aromatic heterocycles. The second-order valence-corrected chi connectivity index (χ2v) is 5.39. The average molecular weight is 249 g/mol. The predicted molar refractivity (Wildman–Crippen MR) is 72.4 cm³/mol. The van der Waals surface area contributed by atoms with Gasteiger partial charge in [-0.3, -0.25) is 0 Å². The molecule has 1 atom stereocenters. The lowest BCUT2D eigenvalue weighted by molar-refractivity contribution is -0.0586. The topological polar surface area (TPSA) is 55.5 Å². The van der Waals surface area contributed by atoms with Crippen LogP contribution in [-0.2, 0) is 4.74 Å². The Morgan fingerprint density at radius 3 is 2.33 bits per heavy atom. The van der Waals surface area contributed by atoms with Crippen LogP contribution in [0.25, 0.3) is 0 Å². The molecule has 3 nitrogen and oxygen atoms in total. The number of aryl methyl sites for hydroxylation is 2. The van der Waals surface area contributed by atoms with Crippen molar-refractivity contribution in [3.8, 4) is 0 Å². The first-order valence-corrected chi connectivity index (χ1v) is 6.63. The molecular formula is C15H23NO2. The Morgan fingerprint density at radius 2 is 1.83 bits per heavy atom. The van der Waals surface area contributed by atoms with Gasteiger partial charge in [-0.15, -0.1) is 0 Å². The molecule has 1 saturated heterocycles. The molecule has 0 amide bonds. The molecule has 1 fully saturated rings. The number of hydrogen-bond donors (Lipinski definition) is 2. The predicted octanol–water partition coefficient (Wildman–Crippen LogP) is 2.09. The molecule has 3 heteroatoms. The Balaban J connectivity index is 2.36. The van der Waals surface area contributed by atoms with E-state index in [1.807, 2.05) is 6.07 Å². The maximum Gasteiger partial charge on any atom is 0.0865 e. The summed E-state index contributed by atoms with van der Waals surface area (Å²) in [5.74, 6) is 0. The highest BCUT2D eigenvalue weighted by atomic mass is 16.5. The van der Waals surface area contributed by atoms with E-state index in [1.54, 1.807) is 0 Å². The largest absolute Gasteiger partial charge is 0.388 e. The minimum absolute atomic E-state index is 0.227. The molecule has 1 unspecified atom stereocenters. The maximum atomic E-state index is 10.8. The number of benzene rings is 1. The summed E-state index contributed by atoms with van der Waals surface area (Å²) in [6, 6.07) is 6.13. The lowest BCUT2D eigenvalue weighted by Gasteiger charge is -2.41. The molecule has 1 aromatic rings. The van der Waals surface area contributed by atoms with Gasteiger partial charge >= 0.3 is 0 Å². The van der Waals surface area contributed by atoms with Crippen molar-refractivity contribution in [3.63, 3.8) is 0 Å².